The van der Waals surface area contributed by atoms with Crippen LogP contribution in [0.15, 0.2) is 48.7 Å². The zero-order valence-corrected chi connectivity index (χ0v) is 20.3. The molecule has 2 aromatic rings. The summed E-state index contributed by atoms with van der Waals surface area (Å²) < 4.78 is 11.5. The number of carbonyl (C=O) groups excluding carboxylic acids is 1. The van der Waals surface area contributed by atoms with Gasteiger partial charge >= 0.3 is 0 Å². The maximum atomic E-state index is 13.1. The van der Waals surface area contributed by atoms with Crippen molar-refractivity contribution in [3.8, 4) is 5.75 Å². The molecule has 0 bridgehead atoms. The van der Waals surface area contributed by atoms with Crippen molar-refractivity contribution in [3.05, 3.63) is 59.9 Å². The van der Waals surface area contributed by atoms with Gasteiger partial charge in [0, 0.05) is 50.9 Å². The summed E-state index contributed by atoms with van der Waals surface area (Å²) >= 11 is 0. The second-order valence-electron chi connectivity index (χ2n) is 9.52. The number of nitrogens with one attached hydrogen (secondary N) is 1. The molecule has 0 saturated carbocycles. The Morgan fingerprint density at radius 3 is 2.71 bits per heavy atom. The lowest BCUT2D eigenvalue weighted by Crippen LogP contribution is -2.47. The highest BCUT2D eigenvalue weighted by Gasteiger charge is 2.32. The Balaban J connectivity index is 1.30. The van der Waals surface area contributed by atoms with Crippen molar-refractivity contribution >= 4 is 5.91 Å². The summed E-state index contributed by atoms with van der Waals surface area (Å²) in [5.41, 5.74) is 2.25. The third-order valence-corrected chi connectivity index (χ3v) is 6.66. The zero-order chi connectivity index (χ0) is 23.6. The Labute approximate surface area is 203 Å². The number of carbonyl (C=O) groups is 1. The summed E-state index contributed by atoms with van der Waals surface area (Å²) in [6.45, 7) is 10.5. The van der Waals surface area contributed by atoms with Gasteiger partial charge in [0.2, 0.25) is 5.91 Å². The number of pyridine rings is 1. The number of morpholine rings is 1. The molecule has 7 nitrogen and oxygen atoms in total. The molecule has 0 spiro atoms. The lowest BCUT2D eigenvalue weighted by molar-refractivity contribution is -0.127. The number of likely N-dealkylation sites (tertiary alicyclic amines) is 1. The molecule has 0 unspecified atom stereocenters. The third-order valence-electron chi connectivity index (χ3n) is 6.66. The van der Waals surface area contributed by atoms with E-state index in [0.717, 1.165) is 83.3 Å². The maximum absolute atomic E-state index is 13.1. The van der Waals surface area contributed by atoms with Crippen LogP contribution >= 0.6 is 0 Å². The van der Waals surface area contributed by atoms with Gasteiger partial charge in [-0.2, -0.15) is 0 Å². The van der Waals surface area contributed by atoms with Crippen LogP contribution in [-0.4, -0.2) is 79.8 Å². The van der Waals surface area contributed by atoms with E-state index in [9.17, 15) is 4.79 Å². The summed E-state index contributed by atoms with van der Waals surface area (Å²) in [4.78, 5) is 22.2. The number of piperidine rings is 1. The minimum Gasteiger partial charge on any atom is -0.492 e. The maximum Gasteiger partial charge on any atom is 0.224 e. The normalized spacial score (nSPS) is 21.8. The first-order chi connectivity index (χ1) is 16.7. The monoisotopic (exact) mass is 466 g/mol. The van der Waals surface area contributed by atoms with Crippen LogP contribution in [0, 0.1) is 18.8 Å². The van der Waals surface area contributed by atoms with Crippen LogP contribution in [0.2, 0.25) is 0 Å². The summed E-state index contributed by atoms with van der Waals surface area (Å²) in [5, 5.41) is 3.20. The SMILES string of the molecule is Cc1ccc(OC[C@H]2C[C@@H](C(=O)NCCCN3CCOCC3)CN(Cc3ccccc3)C2)cn1. The van der Waals surface area contributed by atoms with E-state index in [1.54, 1.807) is 6.20 Å². The molecule has 3 heterocycles. The van der Waals surface area contributed by atoms with Gasteiger partial charge in [0.1, 0.15) is 5.75 Å². The fourth-order valence-corrected chi connectivity index (χ4v) is 4.82. The van der Waals surface area contributed by atoms with Crippen molar-refractivity contribution in [2.24, 2.45) is 11.8 Å². The molecule has 2 aliphatic heterocycles. The number of hydrogen-bond acceptors (Lipinski definition) is 6. The van der Waals surface area contributed by atoms with Gasteiger partial charge in [-0.05, 0) is 44.0 Å². The highest BCUT2D eigenvalue weighted by atomic mass is 16.5. The van der Waals surface area contributed by atoms with Gasteiger partial charge < -0.3 is 14.8 Å². The van der Waals surface area contributed by atoms with E-state index in [0.29, 0.717) is 12.5 Å². The van der Waals surface area contributed by atoms with Gasteiger partial charge in [-0.1, -0.05) is 30.3 Å². The number of amides is 1. The summed E-state index contributed by atoms with van der Waals surface area (Å²) in [5.74, 6) is 1.23. The van der Waals surface area contributed by atoms with Crippen molar-refractivity contribution < 1.29 is 14.3 Å². The molecule has 7 heteroatoms. The molecule has 2 aliphatic rings. The van der Waals surface area contributed by atoms with E-state index in [1.165, 1.54) is 5.56 Å². The molecule has 4 rings (SSSR count). The van der Waals surface area contributed by atoms with Crippen LogP contribution in [0.25, 0.3) is 0 Å². The Morgan fingerprint density at radius 1 is 1.12 bits per heavy atom. The van der Waals surface area contributed by atoms with Crippen LogP contribution in [0.1, 0.15) is 24.1 Å². The average Bonchev–Trinajstić information content (AvgIpc) is 2.87. The number of rotatable bonds is 10. The molecule has 0 aliphatic carbocycles. The largest absolute Gasteiger partial charge is 0.492 e. The Hall–Kier alpha value is -2.48. The quantitative estimate of drug-likeness (QED) is 0.543. The smallest absolute Gasteiger partial charge is 0.224 e. The number of benzene rings is 1. The summed E-state index contributed by atoms with van der Waals surface area (Å²) in [7, 11) is 0. The molecule has 184 valence electrons. The van der Waals surface area contributed by atoms with Crippen LogP contribution in [0.3, 0.4) is 0 Å². The summed E-state index contributed by atoms with van der Waals surface area (Å²) in [6, 6.07) is 14.4. The van der Waals surface area contributed by atoms with Crippen LogP contribution in [0.5, 0.6) is 5.75 Å². The van der Waals surface area contributed by atoms with Gasteiger partial charge in [0.25, 0.3) is 0 Å². The fraction of sp³-hybridized carbons (Fsp3) is 0.556. The summed E-state index contributed by atoms with van der Waals surface area (Å²) in [6.07, 6.45) is 3.59. The number of nitrogens with zero attached hydrogens (tertiary/aromatic N) is 3. The minimum absolute atomic E-state index is 0.0226. The predicted octanol–water partition coefficient (Wildman–Crippen LogP) is 2.75. The van der Waals surface area contributed by atoms with Crippen LogP contribution in [0.4, 0.5) is 0 Å². The highest BCUT2D eigenvalue weighted by molar-refractivity contribution is 5.79. The van der Waals surface area contributed by atoms with E-state index < -0.39 is 0 Å². The van der Waals surface area contributed by atoms with E-state index in [2.05, 4.69) is 44.4 Å². The van der Waals surface area contributed by atoms with Crippen LogP contribution in [-0.2, 0) is 16.1 Å². The Kier molecular flexibility index (Phi) is 9.30. The second-order valence-corrected chi connectivity index (χ2v) is 9.52. The van der Waals surface area contributed by atoms with Crippen molar-refractivity contribution in [2.75, 3.05) is 59.1 Å². The molecular formula is C27H38N4O3. The molecule has 0 radical (unpaired) electrons. The number of aromatic nitrogens is 1. The number of hydrogen-bond donors (Lipinski definition) is 1. The first-order valence-electron chi connectivity index (χ1n) is 12.6. The van der Waals surface area contributed by atoms with Crippen LogP contribution < -0.4 is 10.1 Å². The molecule has 1 N–H and O–H groups in total. The van der Waals surface area contributed by atoms with Gasteiger partial charge in [-0.15, -0.1) is 0 Å². The lowest BCUT2D eigenvalue weighted by Gasteiger charge is -2.37. The Morgan fingerprint density at radius 2 is 1.94 bits per heavy atom. The Bertz CT molecular complexity index is 871. The van der Waals surface area contributed by atoms with E-state index >= 15 is 0 Å². The van der Waals surface area contributed by atoms with Gasteiger partial charge in [0.05, 0.1) is 31.9 Å². The molecule has 2 atom stereocenters. The fourth-order valence-electron chi connectivity index (χ4n) is 4.82. The van der Waals surface area contributed by atoms with E-state index in [1.807, 2.05) is 25.1 Å². The first kappa shape index (κ1) is 24.6. The van der Waals surface area contributed by atoms with E-state index in [4.69, 9.17) is 9.47 Å². The van der Waals surface area contributed by atoms with Crippen molar-refractivity contribution in [3.63, 3.8) is 0 Å². The van der Waals surface area contributed by atoms with Crippen molar-refractivity contribution in [2.45, 2.75) is 26.3 Å². The standard InChI is InChI=1S/C27H38N4O3/c1-22-8-9-26(17-29-22)34-21-24-16-25(20-31(19-24)18-23-6-3-2-4-7-23)27(32)28-10-5-11-30-12-14-33-15-13-30/h2-4,6-9,17,24-25H,5,10-16,18-21H2,1H3,(H,28,32)/t24-,25+/m0/s1. The predicted molar refractivity (Wildman–Crippen MR) is 133 cm³/mol. The zero-order valence-electron chi connectivity index (χ0n) is 20.3. The molecule has 1 aromatic heterocycles. The third kappa shape index (κ3) is 7.79. The lowest BCUT2D eigenvalue weighted by atomic mass is 9.88. The molecular weight excluding hydrogens is 428 g/mol. The topological polar surface area (TPSA) is 66.9 Å². The van der Waals surface area contributed by atoms with Crippen molar-refractivity contribution in [1.29, 1.82) is 0 Å². The molecule has 2 saturated heterocycles. The average molecular weight is 467 g/mol. The molecule has 1 amide bonds. The molecule has 2 fully saturated rings. The van der Waals surface area contributed by atoms with Gasteiger partial charge in [0.15, 0.2) is 0 Å². The first-order valence-corrected chi connectivity index (χ1v) is 12.6. The van der Waals surface area contributed by atoms with E-state index in [-0.39, 0.29) is 11.8 Å². The second kappa shape index (κ2) is 12.8. The van der Waals surface area contributed by atoms with Crippen molar-refractivity contribution in [1.82, 2.24) is 20.1 Å². The minimum atomic E-state index is -0.0226. The van der Waals surface area contributed by atoms with Gasteiger partial charge in [-0.25, -0.2) is 0 Å². The van der Waals surface area contributed by atoms with Gasteiger partial charge in [-0.3, -0.25) is 19.6 Å². The number of aryl methyl sites for hydroxylation is 1. The molecule has 34 heavy (non-hydrogen) atoms. The highest BCUT2D eigenvalue weighted by Crippen LogP contribution is 2.25. The molecule has 1 aromatic carbocycles. The number of ether oxygens (including phenoxy) is 2.